The Morgan fingerprint density at radius 1 is 1.44 bits per heavy atom. The third-order valence-electron chi connectivity index (χ3n) is 2.63. The molecule has 1 N–H and O–H groups in total. The van der Waals surface area contributed by atoms with Crippen LogP contribution in [0.4, 0.5) is 0 Å². The molecule has 0 amide bonds. The van der Waals surface area contributed by atoms with Crippen molar-refractivity contribution in [2.75, 3.05) is 12.0 Å². The van der Waals surface area contributed by atoms with E-state index in [0.29, 0.717) is 5.16 Å². The van der Waals surface area contributed by atoms with E-state index in [4.69, 9.17) is 5.11 Å². The van der Waals surface area contributed by atoms with Gasteiger partial charge in [-0.2, -0.15) is 0 Å². The van der Waals surface area contributed by atoms with Crippen LogP contribution in [0.15, 0.2) is 5.16 Å². The van der Waals surface area contributed by atoms with Crippen molar-refractivity contribution >= 4 is 27.6 Å². The Balaban J connectivity index is 3.11. The number of carbonyl (C=O) groups is 1. The summed E-state index contributed by atoms with van der Waals surface area (Å²) in [6, 6.07) is 0. The summed E-state index contributed by atoms with van der Waals surface area (Å²) in [5, 5.41) is 16.6. The summed E-state index contributed by atoms with van der Waals surface area (Å²) in [6.45, 7) is 3.08. The van der Waals surface area contributed by atoms with Crippen LogP contribution in [0.1, 0.15) is 19.7 Å². The quantitative estimate of drug-likeness (QED) is 0.777. The number of nitrogens with zero attached hydrogens (tertiary/aromatic N) is 3. The first-order chi connectivity index (χ1) is 8.07. The van der Waals surface area contributed by atoms with Gasteiger partial charge in [0.1, 0.15) is 4.75 Å². The fourth-order valence-corrected chi connectivity index (χ4v) is 2.40. The van der Waals surface area contributed by atoms with Gasteiger partial charge in [-0.1, -0.05) is 11.8 Å². The van der Waals surface area contributed by atoms with Gasteiger partial charge in [-0.25, -0.2) is 8.42 Å². The van der Waals surface area contributed by atoms with Gasteiger partial charge in [-0.15, -0.1) is 10.2 Å². The van der Waals surface area contributed by atoms with Crippen LogP contribution in [0, 0.1) is 0 Å². The zero-order valence-electron chi connectivity index (χ0n) is 10.5. The smallest absolute Gasteiger partial charge is 0.313 e. The molecule has 1 aromatic heterocycles. The molecule has 0 unspecified atom stereocenters. The van der Waals surface area contributed by atoms with Crippen LogP contribution in [0.25, 0.3) is 0 Å². The van der Waals surface area contributed by atoms with E-state index in [-0.39, 0.29) is 11.6 Å². The minimum Gasteiger partial charge on any atom is -0.481 e. The molecule has 0 spiro atoms. The van der Waals surface area contributed by atoms with E-state index in [0.717, 1.165) is 18.0 Å². The number of aliphatic carboxylic acids is 1. The predicted molar refractivity (Wildman–Crippen MR) is 67.2 cm³/mol. The van der Waals surface area contributed by atoms with E-state index in [1.165, 1.54) is 18.4 Å². The summed E-state index contributed by atoms with van der Waals surface area (Å²) in [6.07, 6.45) is 1.13. The summed E-state index contributed by atoms with van der Waals surface area (Å²) in [7, 11) is -1.73. The number of carboxylic acid groups (broad SMARTS) is 1. The second kappa shape index (κ2) is 4.88. The zero-order chi connectivity index (χ0) is 14.1. The van der Waals surface area contributed by atoms with Gasteiger partial charge in [-0.3, -0.25) is 4.79 Å². The van der Waals surface area contributed by atoms with Gasteiger partial charge in [0.05, 0.1) is 5.75 Å². The molecule has 0 radical (unpaired) electrons. The molecule has 0 aromatic carbocycles. The summed E-state index contributed by atoms with van der Waals surface area (Å²) >= 11 is 0.998. The Kier molecular flexibility index (Phi) is 4.06. The average molecular weight is 293 g/mol. The molecule has 18 heavy (non-hydrogen) atoms. The highest BCUT2D eigenvalue weighted by Gasteiger charge is 2.37. The maximum absolute atomic E-state index is 11.7. The number of thioether (sulfide) groups is 1. The number of sulfone groups is 1. The average Bonchev–Trinajstić information content (AvgIpc) is 2.55. The Morgan fingerprint density at radius 3 is 2.44 bits per heavy atom. The normalized spacial score (nSPS) is 12.7. The summed E-state index contributed by atoms with van der Waals surface area (Å²) < 4.78 is 23.7. The standard InChI is InChI=1S/C9H15N3O4S2/c1-9(2,18(4,15)16)7-10-11-8(12(7)3)17-5-6(13)14/h5H2,1-4H3,(H,13,14). The SMILES string of the molecule is Cn1c(SCC(=O)O)nnc1C(C)(C)S(C)(=O)=O. The van der Waals surface area contributed by atoms with Gasteiger partial charge < -0.3 is 9.67 Å². The van der Waals surface area contributed by atoms with Crippen LogP contribution in [0.3, 0.4) is 0 Å². The molecule has 1 aromatic rings. The number of hydrogen-bond donors (Lipinski definition) is 1. The Bertz CT molecular complexity index is 562. The summed E-state index contributed by atoms with van der Waals surface area (Å²) in [5.41, 5.74) is 0. The largest absolute Gasteiger partial charge is 0.481 e. The summed E-state index contributed by atoms with van der Waals surface area (Å²) in [4.78, 5) is 10.5. The molecule has 0 saturated carbocycles. The maximum atomic E-state index is 11.7. The van der Waals surface area contributed by atoms with Gasteiger partial charge in [0.25, 0.3) is 0 Å². The van der Waals surface area contributed by atoms with Gasteiger partial charge >= 0.3 is 5.97 Å². The third kappa shape index (κ3) is 2.83. The number of aromatic nitrogens is 3. The predicted octanol–water partition coefficient (Wildman–Crippen LogP) is 0.272. The van der Waals surface area contributed by atoms with Crippen LogP contribution >= 0.6 is 11.8 Å². The van der Waals surface area contributed by atoms with Crippen molar-refractivity contribution in [2.24, 2.45) is 7.05 Å². The first kappa shape index (κ1) is 15.0. The van der Waals surface area contributed by atoms with E-state index >= 15 is 0 Å². The van der Waals surface area contributed by atoms with E-state index in [2.05, 4.69) is 10.2 Å². The number of carboxylic acids is 1. The fraction of sp³-hybridized carbons (Fsp3) is 0.667. The second-order valence-electron chi connectivity index (χ2n) is 4.33. The van der Waals surface area contributed by atoms with E-state index in [9.17, 15) is 13.2 Å². The molecule has 0 bridgehead atoms. The second-order valence-corrected chi connectivity index (χ2v) is 7.84. The lowest BCUT2D eigenvalue weighted by atomic mass is 10.2. The van der Waals surface area contributed by atoms with Gasteiger partial charge in [0.2, 0.25) is 0 Å². The molecular weight excluding hydrogens is 278 g/mol. The molecule has 1 heterocycles. The van der Waals surface area contributed by atoms with E-state index < -0.39 is 20.6 Å². The molecule has 9 heteroatoms. The lowest BCUT2D eigenvalue weighted by molar-refractivity contribution is -0.133. The minimum absolute atomic E-state index is 0.148. The summed E-state index contributed by atoms with van der Waals surface area (Å²) in [5.74, 6) is -0.824. The monoisotopic (exact) mass is 293 g/mol. The first-order valence-corrected chi connectivity index (χ1v) is 7.89. The topological polar surface area (TPSA) is 102 Å². The highest BCUT2D eigenvalue weighted by molar-refractivity contribution is 7.99. The van der Waals surface area contributed by atoms with Crippen LogP contribution in [0.5, 0.6) is 0 Å². The van der Waals surface area contributed by atoms with Crippen LogP contribution in [-0.2, 0) is 26.4 Å². The van der Waals surface area contributed by atoms with Crippen molar-refractivity contribution < 1.29 is 18.3 Å². The molecule has 7 nitrogen and oxygen atoms in total. The molecule has 0 aliphatic carbocycles. The first-order valence-electron chi connectivity index (χ1n) is 5.01. The van der Waals surface area contributed by atoms with Crippen LogP contribution in [-0.4, -0.2) is 46.3 Å². The van der Waals surface area contributed by atoms with Crippen molar-refractivity contribution in [2.45, 2.75) is 23.8 Å². The molecule has 0 atom stereocenters. The highest BCUT2D eigenvalue weighted by atomic mass is 32.2. The Hall–Kier alpha value is -1.09. The molecule has 0 aliphatic rings. The van der Waals surface area contributed by atoms with Crippen molar-refractivity contribution in [1.29, 1.82) is 0 Å². The van der Waals surface area contributed by atoms with E-state index in [1.54, 1.807) is 7.05 Å². The van der Waals surface area contributed by atoms with Gasteiger partial charge in [0, 0.05) is 13.3 Å². The Labute approximate surface area is 110 Å². The fourth-order valence-electron chi connectivity index (χ4n) is 1.26. The Morgan fingerprint density at radius 2 is 2.00 bits per heavy atom. The molecule has 0 aliphatic heterocycles. The van der Waals surface area contributed by atoms with Crippen molar-refractivity contribution in [3.8, 4) is 0 Å². The van der Waals surface area contributed by atoms with Crippen LogP contribution in [0.2, 0.25) is 0 Å². The molecule has 0 fully saturated rings. The van der Waals surface area contributed by atoms with Crippen LogP contribution < -0.4 is 0 Å². The number of rotatable bonds is 5. The van der Waals surface area contributed by atoms with Gasteiger partial charge in [0.15, 0.2) is 20.8 Å². The molecule has 102 valence electrons. The lowest BCUT2D eigenvalue weighted by Crippen LogP contribution is -2.31. The highest BCUT2D eigenvalue weighted by Crippen LogP contribution is 2.29. The van der Waals surface area contributed by atoms with Crippen molar-refractivity contribution in [3.63, 3.8) is 0 Å². The van der Waals surface area contributed by atoms with Gasteiger partial charge in [-0.05, 0) is 13.8 Å². The molecule has 1 rings (SSSR count). The zero-order valence-corrected chi connectivity index (χ0v) is 12.2. The third-order valence-corrected chi connectivity index (χ3v) is 5.67. The molecule has 0 saturated heterocycles. The lowest BCUT2D eigenvalue weighted by Gasteiger charge is -2.21. The minimum atomic E-state index is -3.34. The van der Waals surface area contributed by atoms with Crippen molar-refractivity contribution in [3.05, 3.63) is 5.82 Å². The van der Waals surface area contributed by atoms with Crippen molar-refractivity contribution in [1.82, 2.24) is 14.8 Å². The van der Waals surface area contributed by atoms with E-state index in [1.807, 2.05) is 0 Å². The molecular formula is C9H15N3O4S2. The number of hydrogen-bond acceptors (Lipinski definition) is 6. The maximum Gasteiger partial charge on any atom is 0.313 e.